The highest BCUT2D eigenvalue weighted by molar-refractivity contribution is 7.89. The van der Waals surface area contributed by atoms with Gasteiger partial charge in [-0.1, -0.05) is 30.3 Å². The number of ether oxygens (including phenoxy) is 2. The van der Waals surface area contributed by atoms with E-state index >= 15 is 0 Å². The molecule has 3 N–H and O–H groups in total. The van der Waals surface area contributed by atoms with Gasteiger partial charge in [0.2, 0.25) is 15.9 Å². The third-order valence-electron chi connectivity index (χ3n) is 6.78. The Labute approximate surface area is 240 Å². The summed E-state index contributed by atoms with van der Waals surface area (Å²) in [5.41, 5.74) is 0.998. The van der Waals surface area contributed by atoms with Crippen molar-refractivity contribution in [2.75, 3.05) is 46.4 Å². The molecule has 0 saturated carbocycles. The maximum absolute atomic E-state index is 13.6. The zero-order valence-corrected chi connectivity index (χ0v) is 24.1. The van der Waals surface area contributed by atoms with E-state index in [1.165, 1.54) is 36.3 Å². The zero-order chi connectivity index (χ0) is 29.8. The number of benzene rings is 2. The number of sulfonamides is 1. The van der Waals surface area contributed by atoms with Crippen LogP contribution in [-0.2, 0) is 30.8 Å². The van der Waals surface area contributed by atoms with E-state index in [1.54, 1.807) is 11.8 Å². The largest absolute Gasteiger partial charge is 0.497 e. The Morgan fingerprint density at radius 1 is 0.927 bits per heavy atom. The monoisotopic (exact) mass is 590 g/mol. The van der Waals surface area contributed by atoms with Gasteiger partial charge in [-0.05, 0) is 56.0 Å². The van der Waals surface area contributed by atoms with Crippen LogP contribution in [-0.4, -0.2) is 99.8 Å². The number of hydrogen-bond donors (Lipinski definition) is 3. The summed E-state index contributed by atoms with van der Waals surface area (Å²) in [5, 5.41) is 12.9. The van der Waals surface area contributed by atoms with E-state index in [2.05, 4.69) is 10.0 Å². The maximum Gasteiger partial charge on any atom is 0.409 e. The van der Waals surface area contributed by atoms with E-state index in [9.17, 15) is 27.9 Å². The minimum Gasteiger partial charge on any atom is -0.497 e. The number of carboxylic acid groups (broad SMARTS) is 1. The van der Waals surface area contributed by atoms with Gasteiger partial charge in [-0.15, -0.1) is 0 Å². The molecule has 12 nitrogen and oxygen atoms in total. The van der Waals surface area contributed by atoms with Gasteiger partial charge in [0.25, 0.3) is 0 Å². The van der Waals surface area contributed by atoms with Gasteiger partial charge in [0.05, 0.1) is 24.7 Å². The van der Waals surface area contributed by atoms with Gasteiger partial charge < -0.3 is 24.4 Å². The van der Waals surface area contributed by atoms with Crippen LogP contribution in [0.25, 0.3) is 0 Å². The first-order valence-electron chi connectivity index (χ1n) is 13.5. The fraction of sp³-hybridized carbons (Fsp3) is 0.464. The Morgan fingerprint density at radius 3 is 2.15 bits per heavy atom. The fourth-order valence-electron chi connectivity index (χ4n) is 4.48. The second-order valence-electron chi connectivity index (χ2n) is 9.51. The highest BCUT2D eigenvalue weighted by Gasteiger charge is 2.32. The molecule has 41 heavy (non-hydrogen) atoms. The summed E-state index contributed by atoms with van der Waals surface area (Å²) >= 11 is 0. The highest BCUT2D eigenvalue weighted by atomic mass is 32.2. The number of aryl methyl sites for hydroxylation is 1. The van der Waals surface area contributed by atoms with Crippen LogP contribution in [0, 0.1) is 0 Å². The average molecular weight is 591 g/mol. The number of hydrogen-bond acceptors (Lipinski definition) is 8. The molecule has 224 valence electrons. The van der Waals surface area contributed by atoms with Gasteiger partial charge in [0, 0.05) is 32.7 Å². The van der Waals surface area contributed by atoms with Crippen LogP contribution >= 0.6 is 0 Å². The molecule has 0 bridgehead atoms. The second-order valence-corrected chi connectivity index (χ2v) is 11.3. The van der Waals surface area contributed by atoms with E-state index < -0.39 is 34.2 Å². The Hall–Kier alpha value is -3.68. The van der Waals surface area contributed by atoms with Crippen molar-refractivity contribution in [3.63, 3.8) is 0 Å². The Balaban J connectivity index is 1.66. The van der Waals surface area contributed by atoms with Crippen molar-refractivity contribution in [3.8, 4) is 5.75 Å². The van der Waals surface area contributed by atoms with Crippen LogP contribution in [0.2, 0.25) is 0 Å². The van der Waals surface area contributed by atoms with Crippen molar-refractivity contribution in [1.29, 1.82) is 0 Å². The van der Waals surface area contributed by atoms with Crippen LogP contribution < -0.4 is 14.8 Å². The van der Waals surface area contributed by atoms with Crippen LogP contribution in [0.3, 0.4) is 0 Å². The topological polar surface area (TPSA) is 155 Å². The minimum absolute atomic E-state index is 0.0241. The molecular formula is C28H38N4O8S. The smallest absolute Gasteiger partial charge is 0.409 e. The molecule has 0 unspecified atom stereocenters. The number of rotatable bonds is 14. The molecule has 1 saturated heterocycles. The summed E-state index contributed by atoms with van der Waals surface area (Å²) in [5.74, 6) is -0.958. The number of aliphatic carboxylic acids is 1. The summed E-state index contributed by atoms with van der Waals surface area (Å²) in [4.78, 5) is 40.9. The molecule has 1 aliphatic heterocycles. The third kappa shape index (κ3) is 9.44. The third-order valence-corrected chi connectivity index (χ3v) is 8.25. The quantitative estimate of drug-likeness (QED) is 0.298. The number of amides is 2. The summed E-state index contributed by atoms with van der Waals surface area (Å²) in [6.07, 6.45) is 0.351. The molecule has 0 spiro atoms. The Kier molecular flexibility index (Phi) is 11.9. The van der Waals surface area contributed by atoms with Crippen LogP contribution in [0.5, 0.6) is 5.75 Å². The second kappa shape index (κ2) is 15.4. The molecule has 2 amide bonds. The Morgan fingerprint density at radius 2 is 1.56 bits per heavy atom. The van der Waals surface area contributed by atoms with Crippen molar-refractivity contribution >= 4 is 28.0 Å². The van der Waals surface area contributed by atoms with Gasteiger partial charge >= 0.3 is 12.1 Å². The number of nitrogens with one attached hydrogen (secondary N) is 2. The lowest BCUT2D eigenvalue weighted by molar-refractivity contribution is -0.141. The molecule has 0 aromatic heterocycles. The Bertz CT molecular complexity index is 1250. The van der Waals surface area contributed by atoms with Gasteiger partial charge in [0.15, 0.2) is 0 Å². The van der Waals surface area contributed by atoms with Crippen LogP contribution in [0.4, 0.5) is 4.79 Å². The van der Waals surface area contributed by atoms with Crippen molar-refractivity contribution in [2.24, 2.45) is 0 Å². The molecular weight excluding hydrogens is 552 g/mol. The first-order valence-corrected chi connectivity index (χ1v) is 15.0. The fourth-order valence-corrected chi connectivity index (χ4v) is 5.52. The number of nitrogens with zero attached hydrogens (tertiary/aromatic N) is 2. The molecule has 1 heterocycles. The summed E-state index contributed by atoms with van der Waals surface area (Å²) in [7, 11) is -2.40. The number of carboxylic acids is 1. The normalized spacial score (nSPS) is 15.2. The average Bonchev–Trinajstić information content (AvgIpc) is 2.98. The number of carbonyl (C=O) groups is 3. The predicted molar refractivity (Wildman–Crippen MR) is 151 cm³/mol. The first-order chi connectivity index (χ1) is 19.6. The molecule has 2 aromatic carbocycles. The van der Waals surface area contributed by atoms with E-state index in [0.29, 0.717) is 44.8 Å². The molecule has 0 aliphatic carbocycles. The van der Waals surface area contributed by atoms with Gasteiger partial charge in [-0.3, -0.25) is 14.9 Å². The molecule has 2 atom stereocenters. The zero-order valence-electron chi connectivity index (χ0n) is 23.3. The molecule has 0 radical (unpaired) electrons. The van der Waals surface area contributed by atoms with Crippen molar-refractivity contribution < 1.29 is 37.4 Å². The number of piperazine rings is 1. The summed E-state index contributed by atoms with van der Waals surface area (Å²) < 4.78 is 37.9. The van der Waals surface area contributed by atoms with Gasteiger partial charge in [-0.25, -0.2) is 17.9 Å². The van der Waals surface area contributed by atoms with E-state index in [4.69, 9.17) is 9.47 Å². The van der Waals surface area contributed by atoms with Crippen molar-refractivity contribution in [1.82, 2.24) is 19.8 Å². The van der Waals surface area contributed by atoms with Crippen LogP contribution in [0.15, 0.2) is 59.5 Å². The lowest BCUT2D eigenvalue weighted by atomic mass is 10.0. The summed E-state index contributed by atoms with van der Waals surface area (Å²) in [6.45, 7) is 3.04. The highest BCUT2D eigenvalue weighted by Crippen LogP contribution is 2.16. The standard InChI is InChI=1S/C28H38N4O8S/c1-3-40-28(36)32-19-17-31(18-20-32)26(33)24(14-9-21-7-5-4-6-8-21)30-25(27(34)35)15-16-29-41(37,38)23-12-10-22(39-2)11-13-23/h4-8,10-13,24-25,29-30H,3,9,14-20H2,1-2H3,(H,34,35)/t24-,25-/m0/s1. The predicted octanol–water partition coefficient (Wildman–Crippen LogP) is 1.71. The molecule has 3 rings (SSSR count). The van der Waals surface area contributed by atoms with E-state index in [1.807, 2.05) is 30.3 Å². The minimum atomic E-state index is -3.88. The maximum atomic E-state index is 13.6. The van der Waals surface area contributed by atoms with E-state index in [0.717, 1.165) is 5.56 Å². The van der Waals surface area contributed by atoms with Crippen LogP contribution in [0.1, 0.15) is 25.3 Å². The van der Waals surface area contributed by atoms with Crippen molar-refractivity contribution in [2.45, 2.75) is 43.2 Å². The lowest BCUT2D eigenvalue weighted by Crippen LogP contribution is -2.57. The van der Waals surface area contributed by atoms with E-state index in [-0.39, 0.29) is 30.4 Å². The molecule has 1 fully saturated rings. The lowest BCUT2D eigenvalue weighted by Gasteiger charge is -2.36. The van der Waals surface area contributed by atoms with Crippen molar-refractivity contribution in [3.05, 3.63) is 60.2 Å². The van der Waals surface area contributed by atoms with Gasteiger partial charge in [-0.2, -0.15) is 0 Å². The number of methoxy groups -OCH3 is 1. The van der Waals surface area contributed by atoms with Gasteiger partial charge in [0.1, 0.15) is 11.8 Å². The first kappa shape index (κ1) is 31.8. The number of carbonyl (C=O) groups excluding carboxylic acids is 2. The molecule has 2 aromatic rings. The SMILES string of the molecule is CCOC(=O)N1CCN(C(=O)[C@H](CCc2ccccc2)N[C@@H](CCNS(=O)(=O)c2ccc(OC)cc2)C(=O)O)CC1. The molecule has 1 aliphatic rings. The summed E-state index contributed by atoms with van der Waals surface area (Å²) in [6, 6.07) is 13.4. The molecule has 13 heteroatoms.